The number of fused-ring (bicyclic) bond motifs is 3. The second kappa shape index (κ2) is 5.54. The summed E-state index contributed by atoms with van der Waals surface area (Å²) in [5.41, 5.74) is 0. The van der Waals surface area contributed by atoms with E-state index in [1.807, 2.05) is 24.3 Å². The number of carbonyl (C=O) groups excluding carboxylic acids is 1. The molecule has 2 nitrogen and oxygen atoms in total. The molecule has 0 radical (unpaired) electrons. The first kappa shape index (κ1) is 14.5. The van der Waals surface area contributed by atoms with Gasteiger partial charge in [0.1, 0.15) is 4.88 Å². The Kier molecular flexibility index (Phi) is 3.66. The molecule has 2 fully saturated rings. The molecule has 22 heavy (non-hydrogen) atoms. The van der Waals surface area contributed by atoms with Gasteiger partial charge in [-0.1, -0.05) is 36.2 Å². The summed E-state index contributed by atoms with van der Waals surface area (Å²) < 4.78 is 1.07. The van der Waals surface area contributed by atoms with Crippen molar-refractivity contribution in [3.63, 3.8) is 0 Å². The van der Waals surface area contributed by atoms with Crippen molar-refractivity contribution >= 4 is 38.9 Å². The van der Waals surface area contributed by atoms with E-state index in [9.17, 15) is 4.79 Å². The number of halogens is 1. The summed E-state index contributed by atoms with van der Waals surface area (Å²) in [6, 6.07) is 8.17. The van der Waals surface area contributed by atoms with Gasteiger partial charge in [0, 0.05) is 16.1 Å². The first-order valence-corrected chi connectivity index (χ1v) is 9.31. The van der Waals surface area contributed by atoms with Crippen molar-refractivity contribution in [1.29, 1.82) is 0 Å². The Hall–Kier alpha value is -1.06. The van der Waals surface area contributed by atoms with Crippen LogP contribution < -0.4 is 5.32 Å². The van der Waals surface area contributed by atoms with Crippen LogP contribution in [-0.2, 0) is 0 Å². The molecular formula is C18H20ClNOS. The Morgan fingerprint density at radius 1 is 1.32 bits per heavy atom. The molecule has 1 amide bonds. The summed E-state index contributed by atoms with van der Waals surface area (Å²) in [7, 11) is 0. The highest BCUT2D eigenvalue weighted by molar-refractivity contribution is 7.21. The van der Waals surface area contributed by atoms with Crippen LogP contribution in [0.4, 0.5) is 0 Å². The van der Waals surface area contributed by atoms with Crippen molar-refractivity contribution in [2.24, 2.45) is 17.8 Å². The van der Waals surface area contributed by atoms with Crippen molar-refractivity contribution in [2.75, 3.05) is 0 Å². The van der Waals surface area contributed by atoms with E-state index in [4.69, 9.17) is 11.6 Å². The van der Waals surface area contributed by atoms with Gasteiger partial charge in [-0.3, -0.25) is 4.79 Å². The minimum atomic E-state index is -0.0125. The number of carbonyl (C=O) groups is 1. The number of nitrogens with one attached hydrogen (secondary N) is 1. The van der Waals surface area contributed by atoms with E-state index in [0.29, 0.717) is 15.8 Å². The molecule has 4 unspecified atom stereocenters. The maximum absolute atomic E-state index is 12.6. The second-order valence-corrected chi connectivity index (χ2v) is 8.27. The van der Waals surface area contributed by atoms with E-state index in [1.165, 1.54) is 37.0 Å². The lowest BCUT2D eigenvalue weighted by Gasteiger charge is -2.28. The molecule has 1 N–H and O–H groups in total. The predicted octanol–water partition coefficient (Wildman–Crippen LogP) is 5.11. The third-order valence-electron chi connectivity index (χ3n) is 5.53. The van der Waals surface area contributed by atoms with Crippen LogP contribution in [-0.4, -0.2) is 11.9 Å². The highest BCUT2D eigenvalue weighted by Gasteiger charge is 2.42. The molecular weight excluding hydrogens is 314 g/mol. The quantitative estimate of drug-likeness (QED) is 0.830. The molecule has 4 rings (SSSR count). The summed E-state index contributed by atoms with van der Waals surface area (Å²) in [6.45, 7) is 2.16. The number of rotatable bonds is 3. The zero-order valence-electron chi connectivity index (χ0n) is 12.6. The van der Waals surface area contributed by atoms with Crippen molar-refractivity contribution in [3.05, 3.63) is 34.2 Å². The normalized spacial score (nSPS) is 28.2. The molecule has 1 aromatic heterocycles. The number of thiophene rings is 1. The molecule has 0 saturated heterocycles. The van der Waals surface area contributed by atoms with Gasteiger partial charge < -0.3 is 5.32 Å². The Bertz CT molecular complexity index is 725. The Morgan fingerprint density at radius 2 is 2.14 bits per heavy atom. The van der Waals surface area contributed by atoms with Gasteiger partial charge in [-0.25, -0.2) is 0 Å². The fraction of sp³-hybridized carbons (Fsp3) is 0.500. The molecule has 1 heterocycles. The predicted molar refractivity (Wildman–Crippen MR) is 92.7 cm³/mol. The van der Waals surface area contributed by atoms with Crippen LogP contribution in [0.1, 0.15) is 42.3 Å². The van der Waals surface area contributed by atoms with Crippen LogP contribution in [0, 0.1) is 17.8 Å². The lowest BCUT2D eigenvalue weighted by atomic mass is 9.84. The summed E-state index contributed by atoms with van der Waals surface area (Å²) in [6.07, 6.45) is 5.39. The third-order valence-corrected chi connectivity index (χ3v) is 7.21. The lowest BCUT2D eigenvalue weighted by molar-refractivity contribution is 0.0919. The summed E-state index contributed by atoms with van der Waals surface area (Å²) >= 11 is 7.90. The minimum absolute atomic E-state index is 0.0125. The smallest absolute Gasteiger partial charge is 0.263 e. The molecule has 1 aromatic carbocycles. The minimum Gasteiger partial charge on any atom is -0.349 e. The molecule has 0 aliphatic heterocycles. The summed E-state index contributed by atoms with van der Waals surface area (Å²) in [4.78, 5) is 13.3. The van der Waals surface area contributed by atoms with Gasteiger partial charge in [-0.2, -0.15) is 0 Å². The fourth-order valence-corrected chi connectivity index (χ4v) is 5.87. The second-order valence-electron chi connectivity index (χ2n) is 6.84. The average molecular weight is 334 g/mol. The molecule has 2 aliphatic rings. The Balaban J connectivity index is 1.52. The van der Waals surface area contributed by atoms with Crippen LogP contribution in [0.15, 0.2) is 24.3 Å². The van der Waals surface area contributed by atoms with E-state index in [-0.39, 0.29) is 11.9 Å². The Labute approximate surface area is 139 Å². The topological polar surface area (TPSA) is 29.1 Å². The standard InChI is InChI=1S/C18H20ClNOS/c1-10(14-9-11-6-7-12(14)8-11)20-18(21)17-16(19)13-4-2-3-5-15(13)22-17/h2-5,10-12,14H,6-9H2,1H3,(H,20,21). The maximum Gasteiger partial charge on any atom is 0.263 e. The highest BCUT2D eigenvalue weighted by Crippen LogP contribution is 2.49. The van der Waals surface area contributed by atoms with E-state index in [1.54, 1.807) is 0 Å². The summed E-state index contributed by atoms with van der Waals surface area (Å²) in [5.74, 6) is 2.36. The van der Waals surface area contributed by atoms with Gasteiger partial charge in [-0.05, 0) is 50.0 Å². The molecule has 2 bridgehead atoms. The largest absolute Gasteiger partial charge is 0.349 e. The van der Waals surface area contributed by atoms with Crippen molar-refractivity contribution < 1.29 is 4.79 Å². The number of benzene rings is 1. The number of hydrogen-bond acceptors (Lipinski definition) is 2. The SMILES string of the molecule is CC(NC(=O)c1sc2ccccc2c1Cl)C1CC2CCC1C2. The van der Waals surface area contributed by atoms with E-state index in [0.717, 1.165) is 21.9 Å². The van der Waals surface area contributed by atoms with Crippen LogP contribution >= 0.6 is 22.9 Å². The van der Waals surface area contributed by atoms with Gasteiger partial charge in [0.05, 0.1) is 5.02 Å². The first-order chi connectivity index (χ1) is 10.6. The van der Waals surface area contributed by atoms with E-state index >= 15 is 0 Å². The fourth-order valence-electron chi connectivity index (χ4n) is 4.45. The van der Waals surface area contributed by atoms with Crippen LogP contribution in [0.3, 0.4) is 0 Å². The highest BCUT2D eigenvalue weighted by atomic mass is 35.5. The number of hydrogen-bond donors (Lipinski definition) is 1. The van der Waals surface area contributed by atoms with E-state index in [2.05, 4.69) is 12.2 Å². The van der Waals surface area contributed by atoms with Gasteiger partial charge in [0.25, 0.3) is 5.91 Å². The summed E-state index contributed by atoms with van der Waals surface area (Å²) in [5, 5.41) is 4.79. The third kappa shape index (κ3) is 2.35. The Morgan fingerprint density at radius 3 is 2.82 bits per heavy atom. The average Bonchev–Trinajstić information content (AvgIpc) is 3.22. The monoisotopic (exact) mass is 333 g/mol. The van der Waals surface area contributed by atoms with Crippen LogP contribution in [0.25, 0.3) is 10.1 Å². The maximum atomic E-state index is 12.6. The molecule has 4 heteroatoms. The van der Waals surface area contributed by atoms with Gasteiger partial charge in [0.2, 0.25) is 0 Å². The molecule has 116 valence electrons. The zero-order valence-corrected chi connectivity index (χ0v) is 14.2. The van der Waals surface area contributed by atoms with Crippen molar-refractivity contribution in [3.8, 4) is 0 Å². The van der Waals surface area contributed by atoms with Crippen molar-refractivity contribution in [2.45, 2.75) is 38.6 Å². The van der Waals surface area contributed by atoms with Gasteiger partial charge in [0.15, 0.2) is 0 Å². The van der Waals surface area contributed by atoms with Gasteiger partial charge in [-0.15, -0.1) is 11.3 Å². The first-order valence-electron chi connectivity index (χ1n) is 8.11. The lowest BCUT2D eigenvalue weighted by Crippen LogP contribution is -2.39. The van der Waals surface area contributed by atoms with Gasteiger partial charge >= 0.3 is 0 Å². The molecule has 2 saturated carbocycles. The molecule has 4 atom stereocenters. The molecule has 2 aliphatic carbocycles. The van der Waals surface area contributed by atoms with Crippen LogP contribution in [0.2, 0.25) is 5.02 Å². The molecule has 0 spiro atoms. The number of amides is 1. The van der Waals surface area contributed by atoms with Crippen LogP contribution in [0.5, 0.6) is 0 Å². The zero-order chi connectivity index (χ0) is 15.3. The molecule has 2 aromatic rings. The van der Waals surface area contributed by atoms with E-state index < -0.39 is 0 Å². The van der Waals surface area contributed by atoms with Crippen molar-refractivity contribution in [1.82, 2.24) is 5.32 Å².